The van der Waals surface area contributed by atoms with E-state index in [0.29, 0.717) is 6.42 Å². The van der Waals surface area contributed by atoms with Crippen LogP contribution in [0.3, 0.4) is 0 Å². The quantitative estimate of drug-likeness (QED) is 0.660. The number of benzene rings is 1. The first-order valence-corrected chi connectivity index (χ1v) is 8.85. The van der Waals surface area contributed by atoms with Gasteiger partial charge in [-0.1, -0.05) is 42.1 Å². The van der Waals surface area contributed by atoms with E-state index in [2.05, 4.69) is 14.7 Å². The van der Waals surface area contributed by atoms with Gasteiger partial charge in [0.25, 0.3) is 5.91 Å². The molecule has 0 bridgehead atoms. The monoisotopic (exact) mass is 349 g/mol. The molecule has 120 valence electrons. The van der Waals surface area contributed by atoms with Gasteiger partial charge in [0.1, 0.15) is 0 Å². The molecule has 0 aliphatic carbocycles. The average Bonchev–Trinajstić information content (AvgIpc) is 3.13. The van der Waals surface area contributed by atoms with Gasteiger partial charge in [-0.15, -0.1) is 0 Å². The SMILES string of the molecule is CC1(C(=O)Nc2nsc(SCc3ccccc3)n2)CCC(=O)O1. The van der Waals surface area contributed by atoms with Crippen molar-refractivity contribution in [3.05, 3.63) is 35.9 Å². The van der Waals surface area contributed by atoms with Crippen molar-refractivity contribution in [2.75, 3.05) is 5.32 Å². The van der Waals surface area contributed by atoms with Crippen LogP contribution < -0.4 is 5.32 Å². The average molecular weight is 349 g/mol. The minimum absolute atomic E-state index is 0.250. The number of hydrogen-bond donors (Lipinski definition) is 1. The molecule has 0 saturated carbocycles. The first-order valence-electron chi connectivity index (χ1n) is 7.09. The van der Waals surface area contributed by atoms with Crippen LogP contribution >= 0.6 is 23.3 Å². The van der Waals surface area contributed by atoms with E-state index in [1.165, 1.54) is 17.1 Å². The molecule has 23 heavy (non-hydrogen) atoms. The number of esters is 1. The molecule has 1 aliphatic rings. The van der Waals surface area contributed by atoms with Gasteiger partial charge in [0, 0.05) is 18.6 Å². The molecule has 6 nitrogen and oxygen atoms in total. The van der Waals surface area contributed by atoms with E-state index in [9.17, 15) is 9.59 Å². The van der Waals surface area contributed by atoms with Crippen molar-refractivity contribution in [2.24, 2.45) is 0 Å². The fraction of sp³-hybridized carbons (Fsp3) is 0.333. The molecule has 1 saturated heterocycles. The lowest BCUT2D eigenvalue weighted by Gasteiger charge is -2.19. The van der Waals surface area contributed by atoms with Gasteiger partial charge in [-0.05, 0) is 24.0 Å². The third-order valence-corrected chi connectivity index (χ3v) is 5.37. The number of aromatic nitrogens is 2. The summed E-state index contributed by atoms with van der Waals surface area (Å²) in [7, 11) is 0. The molecule has 1 aromatic heterocycles. The zero-order valence-corrected chi connectivity index (χ0v) is 14.1. The standard InChI is InChI=1S/C15H15N3O3S2/c1-15(8-7-11(19)21-15)12(20)16-13-17-14(23-18-13)22-9-10-5-3-2-4-6-10/h2-6H,7-9H2,1H3,(H,16,18,20). The molecule has 1 N–H and O–H groups in total. The molecular formula is C15H15N3O3S2. The number of amides is 1. The summed E-state index contributed by atoms with van der Waals surface area (Å²) in [4.78, 5) is 27.7. The number of rotatable bonds is 5. The van der Waals surface area contributed by atoms with Crippen molar-refractivity contribution in [1.82, 2.24) is 9.36 Å². The second-order valence-electron chi connectivity index (χ2n) is 5.32. The molecule has 1 unspecified atom stereocenters. The molecule has 8 heteroatoms. The van der Waals surface area contributed by atoms with Gasteiger partial charge in [0.05, 0.1) is 0 Å². The highest BCUT2D eigenvalue weighted by molar-refractivity contribution is 8.00. The maximum atomic E-state index is 12.2. The fourth-order valence-electron chi connectivity index (χ4n) is 2.13. The molecule has 2 heterocycles. The van der Waals surface area contributed by atoms with E-state index in [4.69, 9.17) is 4.74 Å². The van der Waals surface area contributed by atoms with E-state index < -0.39 is 5.60 Å². The summed E-state index contributed by atoms with van der Waals surface area (Å²) in [6.45, 7) is 1.60. The molecule has 3 rings (SSSR count). The Bertz CT molecular complexity index is 720. The van der Waals surface area contributed by atoms with Crippen LogP contribution in [0.25, 0.3) is 0 Å². The largest absolute Gasteiger partial charge is 0.449 e. The Hall–Kier alpha value is -1.93. The lowest BCUT2D eigenvalue weighted by atomic mass is 10.0. The normalized spacial score (nSPS) is 20.3. The van der Waals surface area contributed by atoms with Gasteiger partial charge >= 0.3 is 5.97 Å². The Morgan fingerprint density at radius 3 is 2.91 bits per heavy atom. The van der Waals surface area contributed by atoms with Gasteiger partial charge in [-0.25, -0.2) is 0 Å². The zero-order chi connectivity index (χ0) is 16.3. The fourth-order valence-corrected chi connectivity index (χ4v) is 3.64. The second kappa shape index (κ2) is 6.67. The van der Waals surface area contributed by atoms with Crippen molar-refractivity contribution in [2.45, 2.75) is 35.5 Å². The van der Waals surface area contributed by atoms with Crippen molar-refractivity contribution in [3.63, 3.8) is 0 Å². The molecule has 1 atom stereocenters. The van der Waals surface area contributed by atoms with Gasteiger partial charge in [0.2, 0.25) is 5.95 Å². The zero-order valence-electron chi connectivity index (χ0n) is 12.4. The highest BCUT2D eigenvalue weighted by atomic mass is 32.2. The lowest BCUT2D eigenvalue weighted by molar-refractivity contribution is -0.154. The smallest absolute Gasteiger partial charge is 0.307 e. The summed E-state index contributed by atoms with van der Waals surface area (Å²) in [6.07, 6.45) is 0.629. The van der Waals surface area contributed by atoms with E-state index in [1.807, 2.05) is 30.3 Å². The van der Waals surface area contributed by atoms with E-state index in [0.717, 1.165) is 10.1 Å². The van der Waals surface area contributed by atoms with Gasteiger partial charge in [0.15, 0.2) is 9.94 Å². The second-order valence-corrected chi connectivity index (χ2v) is 7.29. The van der Waals surface area contributed by atoms with Crippen LogP contribution in [0.1, 0.15) is 25.3 Å². The third kappa shape index (κ3) is 3.89. The van der Waals surface area contributed by atoms with Crippen LogP contribution in [-0.4, -0.2) is 26.8 Å². The molecule has 0 radical (unpaired) electrons. The molecule has 1 aliphatic heterocycles. The van der Waals surface area contributed by atoms with Crippen molar-refractivity contribution >= 4 is 41.1 Å². The number of carbonyl (C=O) groups is 2. The summed E-state index contributed by atoms with van der Waals surface area (Å²) in [5.74, 6) is 0.298. The van der Waals surface area contributed by atoms with E-state index in [1.54, 1.807) is 18.7 Å². The highest BCUT2D eigenvalue weighted by Gasteiger charge is 2.43. The Morgan fingerprint density at radius 1 is 1.43 bits per heavy atom. The van der Waals surface area contributed by atoms with E-state index >= 15 is 0 Å². The number of anilines is 1. The summed E-state index contributed by atoms with van der Waals surface area (Å²) >= 11 is 2.79. The van der Waals surface area contributed by atoms with Crippen LogP contribution in [-0.2, 0) is 20.1 Å². The van der Waals surface area contributed by atoms with Gasteiger partial charge in [-0.3, -0.25) is 14.9 Å². The van der Waals surface area contributed by atoms with Crippen molar-refractivity contribution < 1.29 is 14.3 Å². The summed E-state index contributed by atoms with van der Waals surface area (Å²) in [5.41, 5.74) is 0.0726. The molecular weight excluding hydrogens is 334 g/mol. The molecule has 0 spiro atoms. The highest BCUT2D eigenvalue weighted by Crippen LogP contribution is 2.29. The summed E-state index contributed by atoms with van der Waals surface area (Å²) in [6, 6.07) is 10.1. The third-order valence-electron chi connectivity index (χ3n) is 3.46. The van der Waals surface area contributed by atoms with Crippen molar-refractivity contribution in [3.8, 4) is 0 Å². The number of nitrogens with zero attached hydrogens (tertiary/aromatic N) is 2. The number of hydrogen-bond acceptors (Lipinski definition) is 7. The predicted molar refractivity (Wildman–Crippen MR) is 88.3 cm³/mol. The molecule has 1 fully saturated rings. The Kier molecular flexibility index (Phi) is 4.63. The van der Waals surface area contributed by atoms with Crippen LogP contribution in [0.15, 0.2) is 34.7 Å². The topological polar surface area (TPSA) is 81.2 Å². The first kappa shape index (κ1) is 15.9. The first-order chi connectivity index (χ1) is 11.0. The molecule has 2 aromatic rings. The summed E-state index contributed by atoms with van der Waals surface area (Å²) in [5, 5.41) is 2.62. The number of ether oxygens (including phenoxy) is 1. The van der Waals surface area contributed by atoms with Crippen LogP contribution in [0, 0.1) is 0 Å². The van der Waals surface area contributed by atoms with E-state index in [-0.39, 0.29) is 24.2 Å². The van der Waals surface area contributed by atoms with Crippen LogP contribution in [0.2, 0.25) is 0 Å². The number of cyclic esters (lactones) is 1. The molecule has 1 amide bonds. The minimum atomic E-state index is -1.13. The van der Waals surface area contributed by atoms with Crippen LogP contribution in [0.4, 0.5) is 5.95 Å². The van der Waals surface area contributed by atoms with Crippen LogP contribution in [0.5, 0.6) is 0 Å². The van der Waals surface area contributed by atoms with Gasteiger partial charge in [-0.2, -0.15) is 9.36 Å². The Morgan fingerprint density at radius 2 is 2.22 bits per heavy atom. The minimum Gasteiger partial charge on any atom is -0.449 e. The maximum absolute atomic E-state index is 12.2. The molecule has 1 aromatic carbocycles. The number of carbonyl (C=O) groups excluding carboxylic acids is 2. The van der Waals surface area contributed by atoms with Crippen molar-refractivity contribution in [1.29, 1.82) is 0 Å². The Balaban J connectivity index is 1.57. The predicted octanol–water partition coefficient (Wildman–Crippen LogP) is 2.86. The Labute approximate surface area is 141 Å². The number of thioether (sulfide) groups is 1. The van der Waals surface area contributed by atoms with Gasteiger partial charge < -0.3 is 4.74 Å². The lowest BCUT2D eigenvalue weighted by Crippen LogP contribution is -2.40. The summed E-state index contributed by atoms with van der Waals surface area (Å²) < 4.78 is 9.99. The maximum Gasteiger partial charge on any atom is 0.307 e. The number of nitrogens with one attached hydrogen (secondary N) is 1.